The minimum absolute atomic E-state index is 0.0904. The molecule has 0 saturated carbocycles. The van der Waals surface area contributed by atoms with Gasteiger partial charge < -0.3 is 10.2 Å². The topological polar surface area (TPSA) is 32.3 Å². The van der Waals surface area contributed by atoms with Crippen molar-refractivity contribution in [2.45, 2.75) is 25.8 Å². The predicted molar refractivity (Wildman–Crippen MR) is 78.2 cm³/mol. The quantitative estimate of drug-likeness (QED) is 0.839. The molecule has 1 amide bonds. The summed E-state index contributed by atoms with van der Waals surface area (Å²) in [5.74, 6) is -0.177. The molecule has 0 bridgehead atoms. The first-order valence-corrected chi connectivity index (χ1v) is 7.21. The maximum absolute atomic E-state index is 13.1. The maximum atomic E-state index is 13.1. The highest BCUT2D eigenvalue weighted by Gasteiger charge is 2.29. The lowest BCUT2D eigenvalue weighted by Crippen LogP contribution is -2.51. The van der Waals surface area contributed by atoms with E-state index in [-0.39, 0.29) is 17.8 Å². The molecule has 1 aliphatic heterocycles. The van der Waals surface area contributed by atoms with Gasteiger partial charge in [-0.2, -0.15) is 0 Å². The molecule has 1 unspecified atom stereocenters. The summed E-state index contributed by atoms with van der Waals surface area (Å²) in [4.78, 5) is 14.1. The van der Waals surface area contributed by atoms with Gasteiger partial charge in [-0.15, -0.1) is 0 Å². The van der Waals surface area contributed by atoms with Gasteiger partial charge in [-0.05, 0) is 60.2 Å². The predicted octanol–water partition coefficient (Wildman–Crippen LogP) is 2.54. The third-order valence-electron chi connectivity index (χ3n) is 3.09. The van der Waals surface area contributed by atoms with Gasteiger partial charge >= 0.3 is 0 Å². The zero-order valence-electron chi connectivity index (χ0n) is 10.2. The Morgan fingerprint density at radius 3 is 3.00 bits per heavy atom. The molecule has 1 aromatic carbocycles. The van der Waals surface area contributed by atoms with Gasteiger partial charge in [0, 0.05) is 10.1 Å². The first-order valence-electron chi connectivity index (χ1n) is 6.13. The van der Waals surface area contributed by atoms with Gasteiger partial charge in [0.1, 0.15) is 5.82 Å². The minimum atomic E-state index is -0.268. The number of piperidine rings is 1. The second-order valence-electron chi connectivity index (χ2n) is 4.34. The van der Waals surface area contributed by atoms with Crippen molar-refractivity contribution in [3.05, 3.63) is 27.6 Å². The van der Waals surface area contributed by atoms with Crippen molar-refractivity contribution in [2.24, 2.45) is 0 Å². The Balaban J connectivity index is 2.24. The van der Waals surface area contributed by atoms with Crippen LogP contribution in [0.15, 0.2) is 18.2 Å². The Morgan fingerprint density at radius 2 is 2.33 bits per heavy atom. The molecule has 2 rings (SSSR count). The number of rotatable bonds is 3. The molecule has 1 heterocycles. The third kappa shape index (κ3) is 2.83. The van der Waals surface area contributed by atoms with Crippen LogP contribution < -0.4 is 10.2 Å². The summed E-state index contributed by atoms with van der Waals surface area (Å²) >= 11 is 2.07. The fourth-order valence-electron chi connectivity index (χ4n) is 2.25. The molecule has 5 heteroatoms. The molecule has 3 nitrogen and oxygen atoms in total. The van der Waals surface area contributed by atoms with Gasteiger partial charge in [-0.25, -0.2) is 4.39 Å². The summed E-state index contributed by atoms with van der Waals surface area (Å²) in [6, 6.07) is 4.44. The van der Waals surface area contributed by atoms with Crippen molar-refractivity contribution < 1.29 is 9.18 Å². The van der Waals surface area contributed by atoms with Crippen molar-refractivity contribution in [1.82, 2.24) is 5.32 Å². The Labute approximate surface area is 120 Å². The number of carbonyl (C=O) groups is 1. The molecule has 1 aliphatic rings. The van der Waals surface area contributed by atoms with Gasteiger partial charge in [-0.1, -0.05) is 6.92 Å². The van der Waals surface area contributed by atoms with Crippen LogP contribution in [0, 0.1) is 9.39 Å². The molecule has 1 fully saturated rings. The molecule has 18 heavy (non-hydrogen) atoms. The minimum Gasteiger partial charge on any atom is -0.310 e. The lowest BCUT2D eigenvalue weighted by Gasteiger charge is -2.33. The van der Waals surface area contributed by atoms with Crippen molar-refractivity contribution >= 4 is 34.2 Å². The van der Waals surface area contributed by atoms with Crippen LogP contribution in [-0.4, -0.2) is 25.0 Å². The summed E-state index contributed by atoms with van der Waals surface area (Å²) in [5.41, 5.74) is 0.810. The first kappa shape index (κ1) is 13.7. The first-order chi connectivity index (χ1) is 8.63. The zero-order chi connectivity index (χ0) is 13.1. The van der Waals surface area contributed by atoms with Crippen LogP contribution in [-0.2, 0) is 4.79 Å². The lowest BCUT2D eigenvalue weighted by atomic mass is 10.0. The molecule has 1 N–H and O–H groups in total. The standard InChI is InChI=1S/C13H16FIN2O/c1-2-16-11-4-3-7-17(13(11)18)12-6-5-9(14)8-10(12)15/h5-6,8,11,16H,2-4,7H2,1H3. The molecule has 0 aliphatic carbocycles. The Morgan fingerprint density at radius 1 is 1.56 bits per heavy atom. The Hall–Kier alpha value is -0.690. The van der Waals surface area contributed by atoms with E-state index >= 15 is 0 Å². The normalized spacial score (nSPS) is 20.3. The van der Waals surface area contributed by atoms with Crippen molar-refractivity contribution in [3.8, 4) is 0 Å². The van der Waals surface area contributed by atoms with Crippen molar-refractivity contribution in [2.75, 3.05) is 18.0 Å². The number of hydrogen-bond acceptors (Lipinski definition) is 2. The van der Waals surface area contributed by atoms with Crippen LogP contribution >= 0.6 is 22.6 Å². The molecule has 1 atom stereocenters. The number of nitrogens with zero attached hydrogens (tertiary/aromatic N) is 1. The van der Waals surface area contributed by atoms with Crippen molar-refractivity contribution in [1.29, 1.82) is 0 Å². The highest BCUT2D eigenvalue weighted by molar-refractivity contribution is 14.1. The van der Waals surface area contributed by atoms with E-state index in [0.29, 0.717) is 6.54 Å². The molecule has 98 valence electrons. The number of benzene rings is 1. The third-order valence-corrected chi connectivity index (χ3v) is 3.95. The van der Waals surface area contributed by atoms with Gasteiger partial charge in [0.15, 0.2) is 0 Å². The highest BCUT2D eigenvalue weighted by Crippen LogP contribution is 2.27. The Bertz CT molecular complexity index is 451. The summed E-state index contributed by atoms with van der Waals surface area (Å²) in [7, 11) is 0. The molecule has 1 saturated heterocycles. The Kier molecular flexibility index (Phi) is 4.55. The van der Waals surface area contributed by atoms with E-state index in [1.54, 1.807) is 11.0 Å². The number of likely N-dealkylation sites (N-methyl/N-ethyl adjacent to an activating group) is 1. The average Bonchev–Trinajstić information content (AvgIpc) is 2.33. The van der Waals surface area contributed by atoms with Crippen LogP contribution in [0.4, 0.5) is 10.1 Å². The smallest absolute Gasteiger partial charge is 0.244 e. The maximum Gasteiger partial charge on any atom is 0.244 e. The fraction of sp³-hybridized carbons (Fsp3) is 0.462. The summed E-state index contributed by atoms with van der Waals surface area (Å²) < 4.78 is 13.9. The summed E-state index contributed by atoms with van der Waals surface area (Å²) in [6.07, 6.45) is 1.85. The number of carbonyl (C=O) groups excluding carboxylic acids is 1. The van der Waals surface area contributed by atoms with E-state index < -0.39 is 0 Å². The number of amides is 1. The lowest BCUT2D eigenvalue weighted by molar-refractivity contribution is -0.121. The SMILES string of the molecule is CCNC1CCCN(c2ccc(F)cc2I)C1=O. The summed E-state index contributed by atoms with van der Waals surface area (Å²) in [5, 5.41) is 3.20. The largest absolute Gasteiger partial charge is 0.310 e. The zero-order valence-corrected chi connectivity index (χ0v) is 12.4. The monoisotopic (exact) mass is 362 g/mol. The van der Waals surface area contributed by atoms with Crippen LogP contribution in [0.3, 0.4) is 0 Å². The van der Waals surface area contributed by atoms with E-state index in [1.165, 1.54) is 12.1 Å². The van der Waals surface area contributed by atoms with Crippen LogP contribution in [0.2, 0.25) is 0 Å². The molecule has 0 spiro atoms. The number of nitrogens with one attached hydrogen (secondary N) is 1. The van der Waals surface area contributed by atoms with Gasteiger partial charge in [-0.3, -0.25) is 4.79 Å². The second kappa shape index (κ2) is 5.97. The molecule has 1 aromatic rings. The summed E-state index contributed by atoms with van der Waals surface area (Å²) in [6.45, 7) is 3.49. The average molecular weight is 362 g/mol. The molecular weight excluding hydrogens is 346 g/mol. The number of anilines is 1. The van der Waals surface area contributed by atoms with E-state index in [0.717, 1.165) is 28.6 Å². The van der Waals surface area contributed by atoms with E-state index in [4.69, 9.17) is 0 Å². The second-order valence-corrected chi connectivity index (χ2v) is 5.50. The molecule has 0 aromatic heterocycles. The van der Waals surface area contributed by atoms with Gasteiger partial charge in [0.05, 0.1) is 11.7 Å². The highest BCUT2D eigenvalue weighted by atomic mass is 127. The van der Waals surface area contributed by atoms with Crippen LogP contribution in [0.1, 0.15) is 19.8 Å². The number of hydrogen-bond donors (Lipinski definition) is 1. The van der Waals surface area contributed by atoms with E-state index in [1.807, 2.05) is 6.92 Å². The van der Waals surface area contributed by atoms with Gasteiger partial charge in [0.25, 0.3) is 0 Å². The molecule has 0 radical (unpaired) electrons. The fourth-order valence-corrected chi connectivity index (χ4v) is 3.02. The number of halogens is 2. The molecular formula is C13H16FIN2O. The van der Waals surface area contributed by atoms with Gasteiger partial charge in [0.2, 0.25) is 5.91 Å². The van der Waals surface area contributed by atoms with Crippen LogP contribution in [0.25, 0.3) is 0 Å². The van der Waals surface area contributed by atoms with Crippen LogP contribution in [0.5, 0.6) is 0 Å². The van der Waals surface area contributed by atoms with E-state index in [2.05, 4.69) is 27.9 Å². The van der Waals surface area contributed by atoms with E-state index in [9.17, 15) is 9.18 Å². The van der Waals surface area contributed by atoms with Crippen molar-refractivity contribution in [3.63, 3.8) is 0 Å².